The summed E-state index contributed by atoms with van der Waals surface area (Å²) in [4.78, 5) is 12.6. The minimum absolute atomic E-state index is 0.0780. The zero-order chi connectivity index (χ0) is 14.8. The second-order valence-electron chi connectivity index (χ2n) is 5.84. The number of hydrogen-bond donors (Lipinski definition) is 2. The van der Waals surface area contributed by atoms with Crippen LogP contribution in [0.2, 0.25) is 0 Å². The van der Waals surface area contributed by atoms with Crippen LogP contribution in [-0.2, 0) is 4.79 Å². The van der Waals surface area contributed by atoms with E-state index in [1.165, 1.54) is 0 Å². The number of benzene rings is 1. The van der Waals surface area contributed by atoms with Gasteiger partial charge in [-0.15, -0.1) is 0 Å². The van der Waals surface area contributed by atoms with Gasteiger partial charge in [-0.3, -0.25) is 4.79 Å². The molecule has 1 aliphatic heterocycles. The normalized spacial score (nSPS) is 19.7. The molecule has 0 spiro atoms. The first-order chi connectivity index (χ1) is 9.41. The van der Waals surface area contributed by atoms with Crippen molar-refractivity contribution in [1.29, 1.82) is 0 Å². The van der Waals surface area contributed by atoms with Crippen LogP contribution < -0.4 is 10.6 Å². The Labute approximate surface area is 137 Å². The molecule has 1 aliphatic rings. The van der Waals surface area contributed by atoms with E-state index in [1.54, 1.807) is 0 Å². The molecule has 3 nitrogen and oxygen atoms in total. The second kappa shape index (κ2) is 6.58. The molecule has 5 heteroatoms. The van der Waals surface area contributed by atoms with Gasteiger partial charge >= 0.3 is 0 Å². The molecule has 0 aliphatic carbocycles. The van der Waals surface area contributed by atoms with Gasteiger partial charge in [0.1, 0.15) is 0 Å². The fourth-order valence-corrected chi connectivity index (χ4v) is 3.67. The van der Waals surface area contributed by atoms with Crippen molar-refractivity contribution in [2.75, 3.05) is 18.4 Å². The fraction of sp³-hybridized carbons (Fsp3) is 0.533. The second-order valence-corrected chi connectivity index (χ2v) is 7.61. The van der Waals surface area contributed by atoms with Crippen molar-refractivity contribution >= 4 is 43.5 Å². The number of piperidine rings is 1. The van der Waals surface area contributed by atoms with E-state index in [4.69, 9.17) is 0 Å². The van der Waals surface area contributed by atoms with Crippen molar-refractivity contribution in [2.24, 2.45) is 11.3 Å². The first kappa shape index (κ1) is 16.0. The molecule has 1 heterocycles. The maximum absolute atomic E-state index is 12.6. The summed E-state index contributed by atoms with van der Waals surface area (Å²) in [6.07, 6.45) is 2.25. The number of rotatable bonds is 3. The number of hydrogen-bond acceptors (Lipinski definition) is 2. The summed E-state index contributed by atoms with van der Waals surface area (Å²) >= 11 is 6.89. The third kappa shape index (κ3) is 3.62. The Morgan fingerprint density at radius 1 is 1.40 bits per heavy atom. The first-order valence-electron chi connectivity index (χ1n) is 6.88. The molecule has 1 fully saturated rings. The lowest BCUT2D eigenvalue weighted by atomic mass is 9.74. The Morgan fingerprint density at radius 3 is 2.75 bits per heavy atom. The fourth-order valence-electron chi connectivity index (χ4n) is 2.53. The molecule has 1 aromatic carbocycles. The number of halogens is 2. The maximum Gasteiger partial charge on any atom is 0.230 e. The summed E-state index contributed by atoms with van der Waals surface area (Å²) in [5, 5.41) is 6.42. The van der Waals surface area contributed by atoms with Gasteiger partial charge in [0.15, 0.2) is 0 Å². The van der Waals surface area contributed by atoms with E-state index >= 15 is 0 Å². The molecule has 1 saturated heterocycles. The highest BCUT2D eigenvalue weighted by Gasteiger charge is 2.37. The molecule has 110 valence electrons. The predicted octanol–water partition coefficient (Wildman–Crippen LogP) is 4.18. The molecule has 2 N–H and O–H groups in total. The van der Waals surface area contributed by atoms with Gasteiger partial charge in [-0.25, -0.2) is 0 Å². The van der Waals surface area contributed by atoms with Gasteiger partial charge in [0.25, 0.3) is 0 Å². The Balaban J connectivity index is 2.09. The van der Waals surface area contributed by atoms with Crippen molar-refractivity contribution in [3.63, 3.8) is 0 Å². The van der Waals surface area contributed by atoms with Crippen LogP contribution in [0.3, 0.4) is 0 Å². The molecule has 0 bridgehead atoms. The van der Waals surface area contributed by atoms with Gasteiger partial charge in [0.05, 0.1) is 5.69 Å². The van der Waals surface area contributed by atoms with Crippen molar-refractivity contribution in [3.8, 4) is 0 Å². The van der Waals surface area contributed by atoms with E-state index in [9.17, 15) is 4.79 Å². The van der Waals surface area contributed by atoms with Gasteiger partial charge in [-0.1, -0.05) is 29.8 Å². The van der Waals surface area contributed by atoms with E-state index in [0.717, 1.165) is 40.6 Å². The Kier molecular flexibility index (Phi) is 5.26. The molecule has 1 atom stereocenters. The highest BCUT2D eigenvalue weighted by molar-refractivity contribution is 9.11. The molecule has 20 heavy (non-hydrogen) atoms. The zero-order valence-electron chi connectivity index (χ0n) is 11.8. The Morgan fingerprint density at radius 2 is 2.15 bits per heavy atom. The SMILES string of the molecule is CC(C)(C(=O)Nc1ccc(Br)cc1Br)C1CCCNC1. The van der Waals surface area contributed by atoms with Crippen LogP contribution in [0, 0.1) is 11.3 Å². The van der Waals surface area contributed by atoms with Gasteiger partial charge < -0.3 is 10.6 Å². The van der Waals surface area contributed by atoms with Crippen LogP contribution in [0.5, 0.6) is 0 Å². The number of nitrogens with one attached hydrogen (secondary N) is 2. The summed E-state index contributed by atoms with van der Waals surface area (Å²) in [5.41, 5.74) is 0.440. The van der Waals surface area contributed by atoms with Gasteiger partial charge in [0.2, 0.25) is 5.91 Å². The summed E-state index contributed by atoms with van der Waals surface area (Å²) in [5.74, 6) is 0.458. The smallest absolute Gasteiger partial charge is 0.230 e. The molecule has 2 rings (SSSR count). The van der Waals surface area contributed by atoms with Gasteiger partial charge in [-0.2, -0.15) is 0 Å². The first-order valence-corrected chi connectivity index (χ1v) is 8.47. The van der Waals surface area contributed by atoms with Crippen LogP contribution in [-0.4, -0.2) is 19.0 Å². The molecule has 0 saturated carbocycles. The van der Waals surface area contributed by atoms with Crippen molar-refractivity contribution in [1.82, 2.24) is 5.32 Å². The Bertz CT molecular complexity index is 497. The highest BCUT2D eigenvalue weighted by atomic mass is 79.9. The summed E-state index contributed by atoms with van der Waals surface area (Å²) in [6, 6.07) is 5.77. The average molecular weight is 404 g/mol. The van der Waals surface area contributed by atoms with Crippen molar-refractivity contribution in [3.05, 3.63) is 27.1 Å². The number of amides is 1. The molecule has 1 aromatic rings. The zero-order valence-corrected chi connectivity index (χ0v) is 15.0. The van der Waals surface area contributed by atoms with Crippen LogP contribution in [0.15, 0.2) is 27.1 Å². The van der Waals surface area contributed by atoms with E-state index in [1.807, 2.05) is 32.0 Å². The number of carbonyl (C=O) groups excluding carboxylic acids is 1. The maximum atomic E-state index is 12.6. The summed E-state index contributed by atoms with van der Waals surface area (Å²) in [7, 11) is 0. The lowest BCUT2D eigenvalue weighted by Gasteiger charge is -2.36. The molecule has 1 unspecified atom stereocenters. The minimum atomic E-state index is -0.375. The third-order valence-electron chi connectivity index (χ3n) is 4.08. The molecule has 0 radical (unpaired) electrons. The van der Waals surface area contributed by atoms with Gasteiger partial charge in [0, 0.05) is 14.4 Å². The van der Waals surface area contributed by atoms with Crippen LogP contribution in [0.4, 0.5) is 5.69 Å². The molecular formula is C15H20Br2N2O. The summed E-state index contributed by atoms with van der Waals surface area (Å²) in [6.45, 7) is 6.05. The monoisotopic (exact) mass is 402 g/mol. The molecule has 1 amide bonds. The minimum Gasteiger partial charge on any atom is -0.325 e. The van der Waals surface area contributed by atoms with Crippen LogP contribution in [0.25, 0.3) is 0 Å². The van der Waals surface area contributed by atoms with Crippen LogP contribution in [0.1, 0.15) is 26.7 Å². The lowest BCUT2D eigenvalue weighted by Crippen LogP contribution is -2.44. The number of carbonyl (C=O) groups is 1. The largest absolute Gasteiger partial charge is 0.325 e. The highest BCUT2D eigenvalue weighted by Crippen LogP contribution is 2.34. The lowest BCUT2D eigenvalue weighted by molar-refractivity contribution is -0.127. The van der Waals surface area contributed by atoms with E-state index in [0.29, 0.717) is 5.92 Å². The Hall–Kier alpha value is -0.390. The van der Waals surface area contributed by atoms with Crippen molar-refractivity contribution in [2.45, 2.75) is 26.7 Å². The predicted molar refractivity (Wildman–Crippen MR) is 89.8 cm³/mol. The average Bonchev–Trinajstić information content (AvgIpc) is 2.42. The number of anilines is 1. The molecular weight excluding hydrogens is 384 g/mol. The third-order valence-corrected chi connectivity index (χ3v) is 5.23. The topological polar surface area (TPSA) is 41.1 Å². The van der Waals surface area contributed by atoms with E-state index < -0.39 is 0 Å². The quantitative estimate of drug-likeness (QED) is 0.794. The van der Waals surface area contributed by atoms with Crippen molar-refractivity contribution < 1.29 is 4.79 Å². The van der Waals surface area contributed by atoms with E-state index in [-0.39, 0.29) is 11.3 Å². The van der Waals surface area contributed by atoms with E-state index in [2.05, 4.69) is 42.5 Å². The summed E-state index contributed by atoms with van der Waals surface area (Å²) < 4.78 is 1.87. The van der Waals surface area contributed by atoms with Crippen LogP contribution >= 0.6 is 31.9 Å². The van der Waals surface area contributed by atoms with Gasteiger partial charge in [-0.05, 0) is 66.0 Å². The molecule has 0 aromatic heterocycles. The standard InChI is InChI=1S/C15H20Br2N2O/c1-15(2,10-4-3-7-18-9-10)14(20)19-13-6-5-11(16)8-12(13)17/h5-6,8,10,18H,3-4,7,9H2,1-2H3,(H,19,20).